The van der Waals surface area contributed by atoms with Crippen LogP contribution >= 0.6 is 11.3 Å². The zero-order valence-corrected chi connectivity index (χ0v) is 17.5. The minimum Gasteiger partial charge on any atom is -0.394 e. The smallest absolute Gasteiger partial charge is 0.186 e. The number of nitrogens with zero attached hydrogens (tertiary/aromatic N) is 2. The van der Waals surface area contributed by atoms with Crippen molar-refractivity contribution in [1.29, 1.82) is 0 Å². The third-order valence-electron chi connectivity index (χ3n) is 5.27. The van der Waals surface area contributed by atoms with Gasteiger partial charge in [0.05, 0.1) is 24.4 Å². The Morgan fingerprint density at radius 2 is 2.00 bits per heavy atom. The zero-order chi connectivity index (χ0) is 19.4. The molecule has 0 bridgehead atoms. The number of aromatic nitrogens is 1. The number of hydrogen-bond acceptors (Lipinski definition) is 5. The minimum atomic E-state index is 0.0763. The second-order valence-electron chi connectivity index (χ2n) is 7.45. The molecule has 1 aromatic heterocycles. The van der Waals surface area contributed by atoms with Gasteiger partial charge < -0.3 is 15.3 Å². The quantitative estimate of drug-likeness (QED) is 0.719. The predicted octanol–water partition coefficient (Wildman–Crippen LogP) is 4.07. The van der Waals surface area contributed by atoms with Gasteiger partial charge in [-0.2, -0.15) is 0 Å². The van der Waals surface area contributed by atoms with Crippen LogP contribution in [-0.2, 0) is 6.42 Å². The Kier molecular flexibility index (Phi) is 6.68. The van der Waals surface area contributed by atoms with E-state index in [1.54, 1.807) is 11.3 Å². The standard InChI is InChI=1S/C22H31N3OS/c1-5-7-16-8-10-17(11-9-16)21-19(12-23-15(3)4)25(20(21)13-26)22-24-18(6-2)14-27-22/h5,7-11,14-15,19-21,23,26H,6,12-13H2,1-4H3/b7-5+/t19-,20-,21+/m0/s1. The van der Waals surface area contributed by atoms with Gasteiger partial charge in [0.15, 0.2) is 5.13 Å². The SMILES string of the molecule is C/C=C/c1ccc([C@H]2[C@H](CO)N(c3nc(CC)cs3)[C@H]2CNC(C)C)cc1. The zero-order valence-electron chi connectivity index (χ0n) is 16.7. The lowest BCUT2D eigenvalue weighted by Crippen LogP contribution is -2.67. The Bertz CT molecular complexity index is 753. The van der Waals surface area contributed by atoms with Crippen LogP contribution < -0.4 is 10.2 Å². The van der Waals surface area contributed by atoms with E-state index in [1.807, 2.05) is 6.92 Å². The fourth-order valence-electron chi connectivity index (χ4n) is 3.86. The van der Waals surface area contributed by atoms with Crippen LogP contribution in [0.2, 0.25) is 0 Å². The van der Waals surface area contributed by atoms with E-state index in [0.717, 1.165) is 23.8 Å². The number of thiazole rings is 1. The third-order valence-corrected chi connectivity index (χ3v) is 6.17. The fraction of sp³-hybridized carbons (Fsp3) is 0.500. The molecule has 27 heavy (non-hydrogen) atoms. The molecule has 1 aliphatic rings. The van der Waals surface area contributed by atoms with Gasteiger partial charge in [-0.25, -0.2) is 4.98 Å². The van der Waals surface area contributed by atoms with Crippen LogP contribution in [0.25, 0.3) is 6.08 Å². The number of benzene rings is 1. The number of nitrogens with one attached hydrogen (secondary N) is 1. The summed E-state index contributed by atoms with van der Waals surface area (Å²) >= 11 is 1.69. The lowest BCUT2D eigenvalue weighted by Gasteiger charge is -2.55. The first-order chi connectivity index (χ1) is 13.1. The van der Waals surface area contributed by atoms with Gasteiger partial charge in [0.1, 0.15) is 0 Å². The molecule has 0 saturated carbocycles. The fourth-order valence-corrected chi connectivity index (χ4v) is 4.88. The number of aliphatic hydroxyl groups is 1. The van der Waals surface area contributed by atoms with Gasteiger partial charge in [0.25, 0.3) is 0 Å². The molecule has 2 heterocycles. The lowest BCUT2D eigenvalue weighted by atomic mass is 9.75. The molecule has 5 heteroatoms. The summed E-state index contributed by atoms with van der Waals surface area (Å²) in [4.78, 5) is 7.11. The van der Waals surface area contributed by atoms with Crippen molar-refractivity contribution in [1.82, 2.24) is 10.3 Å². The molecule has 3 rings (SSSR count). The highest BCUT2D eigenvalue weighted by atomic mass is 32.1. The van der Waals surface area contributed by atoms with Gasteiger partial charge in [-0.15, -0.1) is 11.3 Å². The number of rotatable bonds is 8. The van der Waals surface area contributed by atoms with Gasteiger partial charge in [0.2, 0.25) is 0 Å². The minimum absolute atomic E-state index is 0.0763. The highest BCUT2D eigenvalue weighted by Crippen LogP contribution is 2.44. The molecule has 4 nitrogen and oxygen atoms in total. The van der Waals surface area contributed by atoms with Crippen molar-refractivity contribution in [2.75, 3.05) is 18.1 Å². The Balaban J connectivity index is 1.88. The molecular weight excluding hydrogens is 354 g/mol. The number of anilines is 1. The average molecular weight is 386 g/mol. The molecule has 2 N–H and O–H groups in total. The molecule has 0 radical (unpaired) electrons. The molecule has 1 aromatic carbocycles. The summed E-state index contributed by atoms with van der Waals surface area (Å²) in [5.41, 5.74) is 3.63. The van der Waals surface area contributed by atoms with E-state index in [1.165, 1.54) is 11.1 Å². The Morgan fingerprint density at radius 3 is 2.56 bits per heavy atom. The summed E-state index contributed by atoms with van der Waals surface area (Å²) in [6.45, 7) is 9.53. The first-order valence-corrected chi connectivity index (χ1v) is 10.8. The second-order valence-corrected chi connectivity index (χ2v) is 8.29. The van der Waals surface area contributed by atoms with Gasteiger partial charge in [-0.1, -0.05) is 57.2 Å². The van der Waals surface area contributed by atoms with Crippen molar-refractivity contribution in [2.24, 2.45) is 0 Å². The van der Waals surface area contributed by atoms with E-state index in [-0.39, 0.29) is 12.6 Å². The number of hydrogen-bond donors (Lipinski definition) is 2. The third kappa shape index (κ3) is 4.26. The molecule has 0 aliphatic carbocycles. The number of aryl methyl sites for hydroxylation is 1. The molecular formula is C22H31N3OS. The van der Waals surface area contributed by atoms with Gasteiger partial charge in [-0.05, 0) is 24.5 Å². The largest absolute Gasteiger partial charge is 0.394 e. The van der Waals surface area contributed by atoms with E-state index in [4.69, 9.17) is 4.98 Å². The van der Waals surface area contributed by atoms with Crippen molar-refractivity contribution in [3.05, 3.63) is 52.5 Å². The number of allylic oxidation sites excluding steroid dienone is 1. The van der Waals surface area contributed by atoms with E-state index < -0.39 is 0 Å². The van der Waals surface area contributed by atoms with Crippen LogP contribution in [0.3, 0.4) is 0 Å². The molecule has 2 aromatic rings. The summed E-state index contributed by atoms with van der Waals surface area (Å²) < 4.78 is 0. The first kappa shape index (κ1) is 20.1. The summed E-state index contributed by atoms with van der Waals surface area (Å²) in [6, 6.07) is 9.56. The van der Waals surface area contributed by atoms with E-state index in [2.05, 4.69) is 72.8 Å². The first-order valence-electron chi connectivity index (χ1n) is 9.88. The van der Waals surface area contributed by atoms with Crippen molar-refractivity contribution in [2.45, 2.75) is 58.2 Å². The van der Waals surface area contributed by atoms with Gasteiger partial charge in [0, 0.05) is 23.9 Å². The van der Waals surface area contributed by atoms with Crippen molar-refractivity contribution in [3.8, 4) is 0 Å². The summed E-state index contributed by atoms with van der Waals surface area (Å²) in [5, 5.41) is 16.9. The van der Waals surface area contributed by atoms with Crippen LogP contribution in [0.15, 0.2) is 35.7 Å². The van der Waals surface area contributed by atoms with Gasteiger partial charge in [-0.3, -0.25) is 0 Å². The summed E-state index contributed by atoms with van der Waals surface area (Å²) in [7, 11) is 0. The Hall–Kier alpha value is -1.69. The van der Waals surface area contributed by atoms with E-state index in [9.17, 15) is 5.11 Å². The molecule has 146 valence electrons. The van der Waals surface area contributed by atoms with Crippen LogP contribution in [0.1, 0.15) is 50.4 Å². The monoisotopic (exact) mass is 385 g/mol. The number of aliphatic hydroxyl groups excluding tert-OH is 1. The molecule has 0 unspecified atom stereocenters. The van der Waals surface area contributed by atoms with E-state index in [0.29, 0.717) is 18.0 Å². The maximum absolute atomic E-state index is 10.2. The highest BCUT2D eigenvalue weighted by molar-refractivity contribution is 7.13. The highest BCUT2D eigenvalue weighted by Gasteiger charge is 2.49. The Labute approximate surface area is 167 Å². The molecule has 1 saturated heterocycles. The van der Waals surface area contributed by atoms with Crippen LogP contribution in [0.5, 0.6) is 0 Å². The Morgan fingerprint density at radius 1 is 1.26 bits per heavy atom. The van der Waals surface area contributed by atoms with E-state index >= 15 is 0 Å². The topological polar surface area (TPSA) is 48.4 Å². The molecule has 1 fully saturated rings. The predicted molar refractivity (Wildman–Crippen MR) is 116 cm³/mol. The summed E-state index contributed by atoms with van der Waals surface area (Å²) in [5.74, 6) is 0.301. The normalized spacial score (nSPS) is 22.6. The van der Waals surface area contributed by atoms with Crippen LogP contribution in [0, 0.1) is 0 Å². The van der Waals surface area contributed by atoms with Crippen molar-refractivity contribution in [3.63, 3.8) is 0 Å². The summed E-state index contributed by atoms with van der Waals surface area (Å²) in [6.07, 6.45) is 5.11. The lowest BCUT2D eigenvalue weighted by molar-refractivity contribution is 0.166. The van der Waals surface area contributed by atoms with Crippen LogP contribution in [-0.4, -0.2) is 41.4 Å². The average Bonchev–Trinajstić information content (AvgIpc) is 3.11. The molecule has 3 atom stereocenters. The van der Waals surface area contributed by atoms with Crippen LogP contribution in [0.4, 0.5) is 5.13 Å². The van der Waals surface area contributed by atoms with Crippen molar-refractivity contribution < 1.29 is 5.11 Å². The maximum atomic E-state index is 10.2. The molecule has 0 spiro atoms. The van der Waals surface area contributed by atoms with Gasteiger partial charge >= 0.3 is 0 Å². The molecule has 1 aliphatic heterocycles. The second kappa shape index (κ2) is 9.00. The molecule has 0 amide bonds. The maximum Gasteiger partial charge on any atom is 0.186 e. The van der Waals surface area contributed by atoms with Crippen molar-refractivity contribution >= 4 is 22.5 Å².